The first-order valence-electron chi connectivity index (χ1n) is 9.01. The third-order valence-electron chi connectivity index (χ3n) is 4.28. The van der Waals surface area contributed by atoms with Gasteiger partial charge < -0.3 is 5.32 Å². The largest absolute Gasteiger partial charge is 0.307 e. The smallest absolute Gasteiger partial charge is 0.117 e. The zero-order valence-electron chi connectivity index (χ0n) is 15.0. The summed E-state index contributed by atoms with van der Waals surface area (Å²) in [6.45, 7) is 2.05. The van der Waals surface area contributed by atoms with Crippen molar-refractivity contribution < 1.29 is 0 Å². The molecule has 2 heterocycles. The topological polar surface area (TPSA) is 55.6 Å². The molecule has 2 aromatic heterocycles. The van der Waals surface area contributed by atoms with Crippen molar-refractivity contribution >= 4 is 0 Å². The van der Waals surface area contributed by atoms with Crippen molar-refractivity contribution in [1.82, 2.24) is 25.3 Å². The second-order valence-electron chi connectivity index (χ2n) is 6.34. The molecule has 0 unspecified atom stereocenters. The summed E-state index contributed by atoms with van der Waals surface area (Å²) in [6.07, 6.45) is 3.66. The van der Waals surface area contributed by atoms with Gasteiger partial charge in [-0.2, -0.15) is 15.0 Å². The molecule has 0 bridgehead atoms. The first kappa shape index (κ1) is 17.1. The van der Waals surface area contributed by atoms with Crippen molar-refractivity contribution in [1.29, 1.82) is 0 Å². The highest BCUT2D eigenvalue weighted by Gasteiger charge is 2.13. The van der Waals surface area contributed by atoms with Gasteiger partial charge in [-0.3, -0.25) is 4.98 Å². The van der Waals surface area contributed by atoms with E-state index in [2.05, 4.69) is 40.6 Å². The average Bonchev–Trinajstić information content (AvgIpc) is 3.13. The molecule has 4 aromatic rings. The van der Waals surface area contributed by atoms with Gasteiger partial charge in [0.15, 0.2) is 0 Å². The Morgan fingerprint density at radius 2 is 1.48 bits per heavy atom. The minimum absolute atomic E-state index is 0.647. The molecule has 4 rings (SSSR count). The molecule has 0 fully saturated rings. The van der Waals surface area contributed by atoms with Crippen LogP contribution in [0.1, 0.15) is 16.8 Å². The van der Waals surface area contributed by atoms with E-state index < -0.39 is 0 Å². The van der Waals surface area contributed by atoms with Crippen molar-refractivity contribution in [3.05, 3.63) is 102 Å². The van der Waals surface area contributed by atoms with Gasteiger partial charge in [-0.1, -0.05) is 66.7 Å². The predicted molar refractivity (Wildman–Crippen MR) is 106 cm³/mol. The van der Waals surface area contributed by atoms with E-state index in [-0.39, 0.29) is 0 Å². The number of hydrogen-bond acceptors (Lipinski definition) is 4. The Labute approximate surface area is 158 Å². The van der Waals surface area contributed by atoms with Gasteiger partial charge in [0.25, 0.3) is 0 Å². The zero-order valence-corrected chi connectivity index (χ0v) is 15.0. The molecule has 0 saturated carbocycles. The summed E-state index contributed by atoms with van der Waals surface area (Å²) in [5, 5.41) is 12.9. The van der Waals surface area contributed by atoms with Crippen LogP contribution >= 0.6 is 0 Å². The Morgan fingerprint density at radius 1 is 0.741 bits per heavy atom. The Kier molecular flexibility index (Phi) is 5.31. The SMILES string of the molecule is c1ccc(Cn2nc(CNCc3cccnc3)c(-c3ccccc3)n2)cc1. The van der Waals surface area contributed by atoms with Gasteiger partial charge in [-0.15, -0.1) is 0 Å². The van der Waals surface area contributed by atoms with Gasteiger partial charge in [0, 0.05) is 31.0 Å². The van der Waals surface area contributed by atoms with Crippen LogP contribution in [0.2, 0.25) is 0 Å². The van der Waals surface area contributed by atoms with Gasteiger partial charge in [-0.25, -0.2) is 0 Å². The number of nitrogens with one attached hydrogen (secondary N) is 1. The number of hydrogen-bond donors (Lipinski definition) is 1. The number of aromatic nitrogens is 4. The Bertz CT molecular complexity index is 966. The fourth-order valence-corrected chi connectivity index (χ4v) is 2.97. The maximum absolute atomic E-state index is 4.75. The lowest BCUT2D eigenvalue weighted by Crippen LogP contribution is -2.14. The fraction of sp³-hybridized carbons (Fsp3) is 0.136. The molecule has 5 heteroatoms. The highest BCUT2D eigenvalue weighted by Crippen LogP contribution is 2.20. The Morgan fingerprint density at radius 3 is 2.22 bits per heavy atom. The number of benzene rings is 2. The molecule has 0 amide bonds. The van der Waals surface area contributed by atoms with Crippen LogP contribution in [0.3, 0.4) is 0 Å². The maximum Gasteiger partial charge on any atom is 0.117 e. The molecule has 0 atom stereocenters. The van der Waals surface area contributed by atoms with E-state index in [9.17, 15) is 0 Å². The lowest BCUT2D eigenvalue weighted by atomic mass is 10.1. The summed E-state index contributed by atoms with van der Waals surface area (Å²) in [5.74, 6) is 0. The minimum atomic E-state index is 0.647. The van der Waals surface area contributed by atoms with E-state index in [1.165, 1.54) is 5.56 Å². The molecule has 27 heavy (non-hydrogen) atoms. The van der Waals surface area contributed by atoms with Crippen molar-refractivity contribution in [3.63, 3.8) is 0 Å². The lowest BCUT2D eigenvalue weighted by Gasteiger charge is -2.04. The van der Waals surface area contributed by atoms with Crippen molar-refractivity contribution in [2.24, 2.45) is 0 Å². The van der Waals surface area contributed by atoms with Gasteiger partial charge in [0.2, 0.25) is 0 Å². The predicted octanol–water partition coefficient (Wildman–Crippen LogP) is 3.68. The molecule has 0 radical (unpaired) electrons. The van der Waals surface area contributed by atoms with E-state index >= 15 is 0 Å². The summed E-state index contributed by atoms with van der Waals surface area (Å²) in [5.41, 5.74) is 5.28. The van der Waals surface area contributed by atoms with E-state index in [1.807, 2.05) is 48.7 Å². The van der Waals surface area contributed by atoms with E-state index in [0.717, 1.165) is 29.1 Å². The van der Waals surface area contributed by atoms with Gasteiger partial charge in [0.05, 0.1) is 6.54 Å². The third-order valence-corrected chi connectivity index (χ3v) is 4.28. The first-order valence-corrected chi connectivity index (χ1v) is 9.01. The normalized spacial score (nSPS) is 10.8. The molecule has 1 N–H and O–H groups in total. The number of nitrogens with zero attached hydrogens (tertiary/aromatic N) is 4. The minimum Gasteiger partial charge on any atom is -0.307 e. The summed E-state index contributed by atoms with van der Waals surface area (Å²) in [4.78, 5) is 5.93. The monoisotopic (exact) mass is 355 g/mol. The quantitative estimate of drug-likeness (QED) is 0.549. The standard InChI is InChI=1S/C22H21N5/c1-3-8-18(9-4-1)17-27-25-21(16-24-15-19-10-7-13-23-14-19)22(26-27)20-11-5-2-6-12-20/h1-14,24H,15-17H2. The third kappa shape index (κ3) is 4.46. The molecule has 0 aliphatic heterocycles. The second kappa shape index (κ2) is 8.38. The van der Waals surface area contributed by atoms with Crippen molar-refractivity contribution in [3.8, 4) is 11.3 Å². The summed E-state index contributed by atoms with van der Waals surface area (Å²) in [7, 11) is 0. The Balaban J connectivity index is 1.54. The molecule has 0 spiro atoms. The first-order chi connectivity index (χ1) is 13.4. The fourth-order valence-electron chi connectivity index (χ4n) is 2.97. The summed E-state index contributed by atoms with van der Waals surface area (Å²) < 4.78 is 0. The van der Waals surface area contributed by atoms with Gasteiger partial charge >= 0.3 is 0 Å². The molecule has 0 saturated heterocycles. The van der Waals surface area contributed by atoms with Crippen molar-refractivity contribution in [2.75, 3.05) is 0 Å². The van der Waals surface area contributed by atoms with Crippen LogP contribution in [0, 0.1) is 0 Å². The van der Waals surface area contributed by atoms with Gasteiger partial charge in [-0.05, 0) is 17.2 Å². The Hall–Kier alpha value is -3.31. The molecule has 0 aliphatic rings. The molecule has 0 aliphatic carbocycles. The molecule has 134 valence electrons. The highest BCUT2D eigenvalue weighted by molar-refractivity contribution is 5.60. The van der Waals surface area contributed by atoms with E-state index in [4.69, 9.17) is 10.2 Å². The molecule has 2 aromatic carbocycles. The van der Waals surface area contributed by atoms with Crippen LogP contribution in [0.4, 0.5) is 0 Å². The highest BCUT2D eigenvalue weighted by atomic mass is 15.5. The van der Waals surface area contributed by atoms with Crippen LogP contribution in [-0.2, 0) is 19.6 Å². The van der Waals surface area contributed by atoms with Crippen molar-refractivity contribution in [2.45, 2.75) is 19.6 Å². The summed E-state index contributed by atoms with van der Waals surface area (Å²) in [6, 6.07) is 24.5. The number of rotatable bonds is 7. The van der Waals surface area contributed by atoms with Crippen LogP contribution in [0.25, 0.3) is 11.3 Å². The average molecular weight is 355 g/mol. The second-order valence-corrected chi connectivity index (χ2v) is 6.34. The van der Waals surface area contributed by atoms with Crippen LogP contribution in [0.15, 0.2) is 85.2 Å². The maximum atomic E-state index is 4.75. The number of pyridine rings is 1. The molecular weight excluding hydrogens is 334 g/mol. The zero-order chi connectivity index (χ0) is 18.3. The van der Waals surface area contributed by atoms with Crippen LogP contribution in [-0.4, -0.2) is 20.0 Å². The molecular formula is C22H21N5. The van der Waals surface area contributed by atoms with Crippen LogP contribution in [0.5, 0.6) is 0 Å². The lowest BCUT2D eigenvalue weighted by molar-refractivity contribution is 0.576. The van der Waals surface area contributed by atoms with E-state index in [0.29, 0.717) is 13.1 Å². The summed E-state index contributed by atoms with van der Waals surface area (Å²) >= 11 is 0. The van der Waals surface area contributed by atoms with Crippen LogP contribution < -0.4 is 5.32 Å². The van der Waals surface area contributed by atoms with E-state index in [1.54, 1.807) is 11.0 Å². The van der Waals surface area contributed by atoms with Gasteiger partial charge in [0.1, 0.15) is 11.4 Å². The molecule has 5 nitrogen and oxygen atoms in total.